The number of esters is 1. The van der Waals surface area contributed by atoms with E-state index in [2.05, 4.69) is 0 Å². The SMILES string of the molecule is CCCOC(=O)C(C(C)N)S(=O)(=O)c1ccccc1. The Labute approximate surface area is 113 Å². The maximum absolute atomic E-state index is 12.4. The van der Waals surface area contributed by atoms with E-state index in [1.807, 2.05) is 6.92 Å². The standard InChI is InChI=1S/C13H19NO4S/c1-3-9-18-13(15)12(10(2)14)19(16,17)11-7-5-4-6-8-11/h4-8,10,12H,3,9,14H2,1-2H3. The van der Waals surface area contributed by atoms with Gasteiger partial charge in [-0.25, -0.2) is 8.42 Å². The van der Waals surface area contributed by atoms with Gasteiger partial charge in [-0.1, -0.05) is 25.1 Å². The first-order chi connectivity index (χ1) is 8.91. The van der Waals surface area contributed by atoms with E-state index in [1.54, 1.807) is 18.2 Å². The zero-order valence-corrected chi connectivity index (χ0v) is 11.9. The van der Waals surface area contributed by atoms with E-state index >= 15 is 0 Å². The van der Waals surface area contributed by atoms with Gasteiger partial charge in [0, 0.05) is 6.04 Å². The summed E-state index contributed by atoms with van der Waals surface area (Å²) in [6, 6.07) is 6.95. The number of carbonyl (C=O) groups excluding carboxylic acids is 1. The number of hydrogen-bond donors (Lipinski definition) is 1. The maximum atomic E-state index is 12.4. The highest BCUT2D eigenvalue weighted by Gasteiger charge is 2.38. The molecule has 0 aliphatic rings. The average molecular weight is 285 g/mol. The minimum atomic E-state index is -3.83. The molecular weight excluding hydrogens is 266 g/mol. The molecule has 106 valence electrons. The van der Waals surface area contributed by atoms with Gasteiger partial charge in [-0.05, 0) is 25.5 Å². The fourth-order valence-corrected chi connectivity index (χ4v) is 3.38. The zero-order valence-electron chi connectivity index (χ0n) is 11.1. The van der Waals surface area contributed by atoms with Gasteiger partial charge in [0.25, 0.3) is 0 Å². The molecule has 1 rings (SSSR count). The lowest BCUT2D eigenvalue weighted by atomic mass is 10.2. The Balaban J connectivity index is 3.09. The van der Waals surface area contributed by atoms with E-state index in [1.165, 1.54) is 19.1 Å². The lowest BCUT2D eigenvalue weighted by Gasteiger charge is -2.19. The van der Waals surface area contributed by atoms with Crippen molar-refractivity contribution in [3.63, 3.8) is 0 Å². The van der Waals surface area contributed by atoms with Crippen molar-refractivity contribution in [3.8, 4) is 0 Å². The summed E-state index contributed by atoms with van der Waals surface area (Å²) < 4.78 is 29.7. The van der Waals surface area contributed by atoms with E-state index < -0.39 is 27.1 Å². The largest absolute Gasteiger partial charge is 0.465 e. The fraction of sp³-hybridized carbons (Fsp3) is 0.462. The van der Waals surface area contributed by atoms with Crippen LogP contribution in [0.5, 0.6) is 0 Å². The van der Waals surface area contributed by atoms with Crippen molar-refractivity contribution in [3.05, 3.63) is 30.3 Å². The monoisotopic (exact) mass is 285 g/mol. The fourth-order valence-electron chi connectivity index (χ4n) is 1.67. The Morgan fingerprint density at radius 2 is 1.89 bits per heavy atom. The van der Waals surface area contributed by atoms with Crippen LogP contribution < -0.4 is 5.73 Å². The maximum Gasteiger partial charge on any atom is 0.326 e. The Morgan fingerprint density at radius 3 is 2.37 bits per heavy atom. The van der Waals surface area contributed by atoms with Crippen LogP contribution in [0.15, 0.2) is 35.2 Å². The van der Waals surface area contributed by atoms with E-state index in [-0.39, 0.29) is 11.5 Å². The van der Waals surface area contributed by atoms with Crippen LogP contribution in [0.1, 0.15) is 20.3 Å². The molecule has 0 aliphatic carbocycles. The minimum Gasteiger partial charge on any atom is -0.465 e. The normalized spacial score (nSPS) is 14.7. The molecule has 0 aliphatic heterocycles. The molecule has 0 bridgehead atoms. The molecule has 1 aromatic carbocycles. The van der Waals surface area contributed by atoms with E-state index in [9.17, 15) is 13.2 Å². The second kappa shape index (κ2) is 6.68. The highest BCUT2D eigenvalue weighted by Crippen LogP contribution is 2.19. The molecule has 0 saturated heterocycles. The van der Waals surface area contributed by atoms with Gasteiger partial charge in [0.15, 0.2) is 15.1 Å². The number of nitrogens with two attached hydrogens (primary N) is 1. The third-order valence-electron chi connectivity index (χ3n) is 2.56. The van der Waals surface area contributed by atoms with Gasteiger partial charge in [0.05, 0.1) is 11.5 Å². The van der Waals surface area contributed by atoms with Crippen molar-refractivity contribution in [1.29, 1.82) is 0 Å². The minimum absolute atomic E-state index is 0.0748. The molecule has 2 N–H and O–H groups in total. The summed E-state index contributed by atoms with van der Waals surface area (Å²) in [5.41, 5.74) is 5.65. The molecule has 0 spiro atoms. The van der Waals surface area contributed by atoms with Crippen LogP contribution in [0.4, 0.5) is 0 Å². The summed E-state index contributed by atoms with van der Waals surface area (Å²) in [7, 11) is -3.83. The van der Waals surface area contributed by atoms with Gasteiger partial charge in [0.2, 0.25) is 0 Å². The Kier molecular flexibility index (Phi) is 5.50. The molecule has 1 aromatic rings. The van der Waals surface area contributed by atoms with Crippen molar-refractivity contribution < 1.29 is 17.9 Å². The number of benzene rings is 1. The highest BCUT2D eigenvalue weighted by atomic mass is 32.2. The summed E-state index contributed by atoms with van der Waals surface area (Å²) in [6.45, 7) is 3.50. The molecule has 0 radical (unpaired) electrons. The zero-order chi connectivity index (χ0) is 14.5. The molecule has 19 heavy (non-hydrogen) atoms. The highest BCUT2D eigenvalue weighted by molar-refractivity contribution is 7.92. The summed E-state index contributed by atoms with van der Waals surface area (Å²) in [5.74, 6) is -0.791. The van der Waals surface area contributed by atoms with Gasteiger partial charge in [-0.15, -0.1) is 0 Å². The molecule has 0 amide bonds. The van der Waals surface area contributed by atoms with Gasteiger partial charge in [-0.3, -0.25) is 4.79 Å². The van der Waals surface area contributed by atoms with Crippen molar-refractivity contribution in [2.24, 2.45) is 5.73 Å². The lowest BCUT2D eigenvalue weighted by Crippen LogP contribution is -2.45. The number of rotatable bonds is 6. The molecule has 2 atom stereocenters. The van der Waals surface area contributed by atoms with Crippen LogP contribution >= 0.6 is 0 Å². The summed E-state index contributed by atoms with van der Waals surface area (Å²) in [5, 5.41) is -1.37. The second-order valence-corrected chi connectivity index (χ2v) is 6.37. The van der Waals surface area contributed by atoms with E-state index in [4.69, 9.17) is 10.5 Å². The lowest BCUT2D eigenvalue weighted by molar-refractivity contribution is -0.143. The average Bonchev–Trinajstić information content (AvgIpc) is 2.36. The van der Waals surface area contributed by atoms with Crippen molar-refractivity contribution in [2.45, 2.75) is 36.5 Å². The van der Waals surface area contributed by atoms with Gasteiger partial charge >= 0.3 is 5.97 Å². The number of sulfone groups is 1. The van der Waals surface area contributed by atoms with Crippen molar-refractivity contribution in [1.82, 2.24) is 0 Å². The predicted octanol–water partition coefficient (Wildman–Crippen LogP) is 1.13. The predicted molar refractivity (Wildman–Crippen MR) is 72.3 cm³/mol. The van der Waals surface area contributed by atoms with Crippen molar-refractivity contribution in [2.75, 3.05) is 6.61 Å². The van der Waals surface area contributed by atoms with Crippen LogP contribution in [0.3, 0.4) is 0 Å². The molecular formula is C13H19NO4S. The van der Waals surface area contributed by atoms with Crippen LogP contribution in [-0.2, 0) is 19.4 Å². The van der Waals surface area contributed by atoms with Crippen LogP contribution in [0.25, 0.3) is 0 Å². The number of hydrogen-bond acceptors (Lipinski definition) is 5. The third-order valence-corrected chi connectivity index (χ3v) is 4.78. The first kappa shape index (κ1) is 15.7. The number of carbonyl (C=O) groups is 1. The molecule has 0 saturated carbocycles. The summed E-state index contributed by atoms with van der Waals surface area (Å²) in [4.78, 5) is 12.0. The van der Waals surface area contributed by atoms with Crippen molar-refractivity contribution >= 4 is 15.8 Å². The molecule has 6 heteroatoms. The molecule has 0 fully saturated rings. The Hall–Kier alpha value is -1.40. The summed E-state index contributed by atoms with van der Waals surface area (Å²) >= 11 is 0. The molecule has 5 nitrogen and oxygen atoms in total. The van der Waals surface area contributed by atoms with Crippen LogP contribution in [-0.4, -0.2) is 32.3 Å². The van der Waals surface area contributed by atoms with Crippen LogP contribution in [0, 0.1) is 0 Å². The topological polar surface area (TPSA) is 86.5 Å². The first-order valence-corrected chi connectivity index (χ1v) is 7.67. The third kappa shape index (κ3) is 3.78. The summed E-state index contributed by atoms with van der Waals surface area (Å²) in [6.07, 6.45) is 0.628. The number of ether oxygens (including phenoxy) is 1. The van der Waals surface area contributed by atoms with Gasteiger partial charge in [0.1, 0.15) is 0 Å². The van der Waals surface area contributed by atoms with E-state index in [0.717, 1.165) is 0 Å². The van der Waals surface area contributed by atoms with Gasteiger partial charge in [-0.2, -0.15) is 0 Å². The smallest absolute Gasteiger partial charge is 0.326 e. The molecule has 0 aromatic heterocycles. The van der Waals surface area contributed by atoms with Gasteiger partial charge < -0.3 is 10.5 Å². The quantitative estimate of drug-likeness (QED) is 0.792. The molecule has 0 heterocycles. The van der Waals surface area contributed by atoms with Crippen LogP contribution in [0.2, 0.25) is 0 Å². The Bertz CT molecular complexity index is 511. The Morgan fingerprint density at radius 1 is 1.32 bits per heavy atom. The van der Waals surface area contributed by atoms with E-state index in [0.29, 0.717) is 6.42 Å². The second-order valence-electron chi connectivity index (χ2n) is 4.31. The first-order valence-electron chi connectivity index (χ1n) is 6.12. The molecule has 2 unspecified atom stereocenters.